The molecule has 0 radical (unpaired) electrons. The number of hydrogen-bond donors (Lipinski definition) is 1. The molecule has 1 atom stereocenters. The lowest BCUT2D eigenvalue weighted by molar-refractivity contribution is 0.141. The van der Waals surface area contributed by atoms with Crippen LogP contribution in [0.1, 0.15) is 13.8 Å². The van der Waals surface area contributed by atoms with Crippen LogP contribution < -0.4 is 10.2 Å². The second kappa shape index (κ2) is 6.33. The van der Waals surface area contributed by atoms with Crippen LogP contribution in [0.2, 0.25) is 0 Å². The van der Waals surface area contributed by atoms with Crippen molar-refractivity contribution >= 4 is 11.6 Å². The molecule has 0 saturated carbocycles. The van der Waals surface area contributed by atoms with E-state index in [0.717, 1.165) is 18.2 Å². The summed E-state index contributed by atoms with van der Waals surface area (Å²) in [5.41, 5.74) is 0. The molecule has 1 N–H and O–H groups in total. The number of hydrogen-bond acceptors (Lipinski definition) is 4. The van der Waals surface area contributed by atoms with Gasteiger partial charge in [-0.2, -0.15) is 0 Å². The quantitative estimate of drug-likeness (QED) is 0.800. The van der Waals surface area contributed by atoms with Crippen molar-refractivity contribution in [2.45, 2.75) is 19.9 Å². The number of pyridine rings is 1. The van der Waals surface area contributed by atoms with E-state index in [4.69, 9.17) is 4.74 Å². The van der Waals surface area contributed by atoms with Crippen molar-refractivity contribution in [1.82, 2.24) is 4.98 Å². The Labute approximate surface area is 97.6 Å². The van der Waals surface area contributed by atoms with Crippen LogP contribution in [0.15, 0.2) is 18.2 Å². The molecule has 4 heteroatoms. The largest absolute Gasteiger partial charge is 0.380 e. The molecule has 90 valence electrons. The first-order valence-electron chi connectivity index (χ1n) is 5.62. The minimum Gasteiger partial charge on any atom is -0.380 e. The minimum atomic E-state index is 0.268. The van der Waals surface area contributed by atoms with E-state index in [0.29, 0.717) is 6.61 Å². The van der Waals surface area contributed by atoms with E-state index < -0.39 is 0 Å². The van der Waals surface area contributed by atoms with Gasteiger partial charge in [-0.3, -0.25) is 0 Å². The van der Waals surface area contributed by atoms with Gasteiger partial charge < -0.3 is 15.0 Å². The van der Waals surface area contributed by atoms with E-state index in [2.05, 4.69) is 17.2 Å². The molecule has 0 saturated heterocycles. The van der Waals surface area contributed by atoms with Crippen LogP contribution in [0.4, 0.5) is 11.6 Å². The predicted octanol–water partition coefficient (Wildman–Crippen LogP) is 1.98. The smallest absolute Gasteiger partial charge is 0.130 e. The van der Waals surface area contributed by atoms with E-state index in [-0.39, 0.29) is 6.04 Å². The normalized spacial score (nSPS) is 12.2. The van der Waals surface area contributed by atoms with Crippen LogP contribution in [-0.2, 0) is 4.74 Å². The fourth-order valence-electron chi connectivity index (χ4n) is 1.34. The molecule has 0 bridgehead atoms. The SMILES string of the molecule is CCOCC(C)Nc1cccc(N(C)C)n1. The third-order valence-electron chi connectivity index (χ3n) is 2.16. The Bertz CT molecular complexity index is 315. The maximum atomic E-state index is 5.34. The van der Waals surface area contributed by atoms with Crippen LogP contribution in [0.3, 0.4) is 0 Å². The molecule has 1 heterocycles. The van der Waals surface area contributed by atoms with E-state index in [1.165, 1.54) is 0 Å². The van der Waals surface area contributed by atoms with E-state index in [1.54, 1.807) is 0 Å². The standard InChI is InChI=1S/C12H21N3O/c1-5-16-9-10(2)13-11-7-6-8-12(14-11)15(3)4/h6-8,10H,5,9H2,1-4H3,(H,13,14). The highest BCUT2D eigenvalue weighted by Gasteiger charge is 2.04. The lowest BCUT2D eigenvalue weighted by Crippen LogP contribution is -2.22. The van der Waals surface area contributed by atoms with Gasteiger partial charge in [0.25, 0.3) is 0 Å². The molecule has 0 aromatic carbocycles. The predicted molar refractivity (Wildman–Crippen MR) is 68.1 cm³/mol. The summed E-state index contributed by atoms with van der Waals surface area (Å²) >= 11 is 0. The zero-order valence-corrected chi connectivity index (χ0v) is 10.5. The molecule has 1 unspecified atom stereocenters. The second-order valence-electron chi connectivity index (χ2n) is 3.98. The van der Waals surface area contributed by atoms with Gasteiger partial charge in [0.1, 0.15) is 11.6 Å². The van der Waals surface area contributed by atoms with Crippen molar-refractivity contribution in [3.63, 3.8) is 0 Å². The lowest BCUT2D eigenvalue weighted by Gasteiger charge is -2.16. The number of rotatable bonds is 6. The lowest BCUT2D eigenvalue weighted by atomic mass is 10.3. The fourth-order valence-corrected chi connectivity index (χ4v) is 1.34. The van der Waals surface area contributed by atoms with Crippen molar-refractivity contribution in [2.75, 3.05) is 37.5 Å². The molecule has 1 rings (SSSR count). The molecule has 0 aliphatic carbocycles. The molecule has 0 fully saturated rings. The number of ether oxygens (including phenoxy) is 1. The maximum absolute atomic E-state index is 5.34. The molecule has 16 heavy (non-hydrogen) atoms. The van der Waals surface area contributed by atoms with E-state index in [1.807, 2.05) is 44.1 Å². The molecule has 0 amide bonds. The van der Waals surface area contributed by atoms with E-state index >= 15 is 0 Å². The summed E-state index contributed by atoms with van der Waals surface area (Å²) < 4.78 is 5.34. The average Bonchev–Trinajstić information content (AvgIpc) is 2.26. The van der Waals surface area contributed by atoms with E-state index in [9.17, 15) is 0 Å². The molecule has 0 spiro atoms. The first-order chi connectivity index (χ1) is 7.63. The monoisotopic (exact) mass is 223 g/mol. The van der Waals surface area contributed by atoms with Gasteiger partial charge in [0, 0.05) is 26.7 Å². The van der Waals surface area contributed by atoms with Crippen LogP contribution in [0.5, 0.6) is 0 Å². The Morgan fingerprint density at radius 1 is 1.44 bits per heavy atom. The molecular formula is C12H21N3O. The highest BCUT2D eigenvalue weighted by molar-refractivity contribution is 5.46. The van der Waals surface area contributed by atoms with Gasteiger partial charge >= 0.3 is 0 Å². The summed E-state index contributed by atoms with van der Waals surface area (Å²) in [6.45, 7) is 5.53. The number of nitrogens with zero attached hydrogens (tertiary/aromatic N) is 2. The zero-order valence-electron chi connectivity index (χ0n) is 10.5. The van der Waals surface area contributed by atoms with Crippen LogP contribution >= 0.6 is 0 Å². The van der Waals surface area contributed by atoms with Crippen molar-refractivity contribution in [3.05, 3.63) is 18.2 Å². The summed E-state index contributed by atoms with van der Waals surface area (Å²) in [7, 11) is 3.96. The average molecular weight is 223 g/mol. The fraction of sp³-hybridized carbons (Fsp3) is 0.583. The molecule has 4 nitrogen and oxygen atoms in total. The molecule has 0 aliphatic heterocycles. The second-order valence-corrected chi connectivity index (χ2v) is 3.98. The van der Waals surface area contributed by atoms with Gasteiger partial charge in [-0.15, -0.1) is 0 Å². The molecular weight excluding hydrogens is 202 g/mol. The Balaban J connectivity index is 2.56. The van der Waals surface area contributed by atoms with Crippen molar-refractivity contribution < 1.29 is 4.74 Å². The Morgan fingerprint density at radius 3 is 2.81 bits per heavy atom. The van der Waals surface area contributed by atoms with Gasteiger partial charge in [0.05, 0.1) is 6.61 Å². The van der Waals surface area contributed by atoms with Crippen molar-refractivity contribution in [3.8, 4) is 0 Å². The summed E-state index contributed by atoms with van der Waals surface area (Å²) in [5, 5.41) is 3.31. The third kappa shape index (κ3) is 4.06. The Kier molecular flexibility index (Phi) is 5.05. The summed E-state index contributed by atoms with van der Waals surface area (Å²) in [6.07, 6.45) is 0. The van der Waals surface area contributed by atoms with Crippen LogP contribution in [0, 0.1) is 0 Å². The number of nitrogens with one attached hydrogen (secondary N) is 1. The first kappa shape index (κ1) is 12.8. The summed E-state index contributed by atoms with van der Waals surface area (Å²) in [6, 6.07) is 6.22. The molecule has 1 aromatic heterocycles. The minimum absolute atomic E-state index is 0.268. The molecule has 0 aliphatic rings. The van der Waals surface area contributed by atoms with Crippen LogP contribution in [-0.4, -0.2) is 38.3 Å². The third-order valence-corrected chi connectivity index (χ3v) is 2.16. The number of anilines is 2. The van der Waals surface area contributed by atoms with Crippen LogP contribution in [0.25, 0.3) is 0 Å². The zero-order chi connectivity index (χ0) is 12.0. The van der Waals surface area contributed by atoms with Crippen molar-refractivity contribution in [2.24, 2.45) is 0 Å². The number of aromatic nitrogens is 1. The van der Waals surface area contributed by atoms with Gasteiger partial charge in [-0.1, -0.05) is 6.07 Å². The highest BCUT2D eigenvalue weighted by Crippen LogP contribution is 2.12. The topological polar surface area (TPSA) is 37.4 Å². The van der Waals surface area contributed by atoms with Gasteiger partial charge in [0.2, 0.25) is 0 Å². The van der Waals surface area contributed by atoms with Gasteiger partial charge in [0.15, 0.2) is 0 Å². The summed E-state index contributed by atoms with van der Waals surface area (Å²) in [4.78, 5) is 6.46. The Hall–Kier alpha value is -1.29. The first-order valence-corrected chi connectivity index (χ1v) is 5.62. The summed E-state index contributed by atoms with van der Waals surface area (Å²) in [5.74, 6) is 1.84. The Morgan fingerprint density at radius 2 is 2.19 bits per heavy atom. The van der Waals surface area contributed by atoms with Gasteiger partial charge in [-0.25, -0.2) is 4.98 Å². The highest BCUT2D eigenvalue weighted by atomic mass is 16.5. The van der Waals surface area contributed by atoms with Gasteiger partial charge in [-0.05, 0) is 26.0 Å². The van der Waals surface area contributed by atoms with Crippen molar-refractivity contribution in [1.29, 1.82) is 0 Å². The maximum Gasteiger partial charge on any atom is 0.130 e. The molecule has 1 aromatic rings.